The zero-order valence-corrected chi connectivity index (χ0v) is 9.26. The maximum absolute atomic E-state index is 9.14. The van der Waals surface area contributed by atoms with Gasteiger partial charge in [0.1, 0.15) is 12.9 Å². The second kappa shape index (κ2) is 4.75. The van der Waals surface area contributed by atoms with E-state index in [1.165, 1.54) is 32.1 Å². The molecule has 1 aromatic rings. The van der Waals surface area contributed by atoms with Crippen LogP contribution in [0.25, 0.3) is 0 Å². The van der Waals surface area contributed by atoms with Crippen molar-refractivity contribution < 1.29 is 5.11 Å². The lowest BCUT2D eigenvalue weighted by atomic mass is 10.0. The van der Waals surface area contributed by atoms with Crippen molar-refractivity contribution in [3.63, 3.8) is 0 Å². The van der Waals surface area contributed by atoms with Crippen molar-refractivity contribution in [2.24, 2.45) is 5.92 Å². The second-order valence-electron chi connectivity index (χ2n) is 4.58. The third-order valence-electron chi connectivity index (χ3n) is 3.41. The van der Waals surface area contributed by atoms with Gasteiger partial charge >= 0.3 is 0 Å². The molecule has 15 heavy (non-hydrogen) atoms. The lowest BCUT2D eigenvalue weighted by Crippen LogP contribution is -2.11. The van der Waals surface area contributed by atoms with Crippen LogP contribution < -0.4 is 0 Å². The summed E-state index contributed by atoms with van der Waals surface area (Å²) in [5.41, 5.74) is 0. The predicted octanol–water partition coefficient (Wildman–Crippen LogP) is 1.91. The molecule has 84 valence electrons. The first-order valence-corrected chi connectivity index (χ1v) is 5.80. The Kier molecular flexibility index (Phi) is 3.36. The van der Waals surface area contributed by atoms with Crippen LogP contribution in [0.3, 0.4) is 0 Å². The van der Waals surface area contributed by atoms with Gasteiger partial charge in [-0.15, -0.1) is 10.2 Å². The number of hydrogen-bond acceptors (Lipinski definition) is 3. The first-order chi connectivity index (χ1) is 7.31. The summed E-state index contributed by atoms with van der Waals surface area (Å²) in [5.74, 6) is 1.54. The Morgan fingerprint density at radius 3 is 3.07 bits per heavy atom. The molecular weight excluding hydrogens is 190 g/mol. The SMILES string of the molecule is CC1CCCC(n2cnnc2CO)CC1. The van der Waals surface area contributed by atoms with Crippen LogP contribution in [-0.4, -0.2) is 19.9 Å². The van der Waals surface area contributed by atoms with Gasteiger partial charge in [-0.2, -0.15) is 0 Å². The molecule has 0 aromatic carbocycles. The van der Waals surface area contributed by atoms with E-state index >= 15 is 0 Å². The highest BCUT2D eigenvalue weighted by atomic mass is 16.3. The van der Waals surface area contributed by atoms with Crippen LogP contribution >= 0.6 is 0 Å². The molecule has 0 saturated heterocycles. The molecule has 1 aromatic heterocycles. The topological polar surface area (TPSA) is 50.9 Å². The van der Waals surface area contributed by atoms with E-state index in [2.05, 4.69) is 21.7 Å². The molecule has 0 radical (unpaired) electrons. The predicted molar refractivity (Wildman–Crippen MR) is 57.2 cm³/mol. The second-order valence-corrected chi connectivity index (χ2v) is 4.58. The van der Waals surface area contributed by atoms with Gasteiger partial charge in [-0.25, -0.2) is 0 Å². The standard InChI is InChI=1S/C11H19N3O/c1-9-3-2-4-10(6-5-9)14-8-12-13-11(14)7-15/h8-10,15H,2-7H2,1H3. The van der Waals surface area contributed by atoms with Crippen LogP contribution in [-0.2, 0) is 6.61 Å². The number of hydrogen-bond donors (Lipinski definition) is 1. The lowest BCUT2D eigenvalue weighted by molar-refractivity contribution is 0.257. The summed E-state index contributed by atoms with van der Waals surface area (Å²) in [7, 11) is 0. The molecule has 2 unspecified atom stereocenters. The molecule has 1 aliphatic rings. The molecule has 4 nitrogen and oxygen atoms in total. The smallest absolute Gasteiger partial charge is 0.158 e. The third-order valence-corrected chi connectivity index (χ3v) is 3.41. The molecule has 1 aliphatic carbocycles. The highest BCUT2D eigenvalue weighted by Crippen LogP contribution is 2.30. The van der Waals surface area contributed by atoms with E-state index < -0.39 is 0 Å². The maximum Gasteiger partial charge on any atom is 0.158 e. The zero-order valence-electron chi connectivity index (χ0n) is 9.26. The summed E-state index contributed by atoms with van der Waals surface area (Å²) < 4.78 is 2.05. The first-order valence-electron chi connectivity index (χ1n) is 5.80. The Morgan fingerprint density at radius 1 is 1.40 bits per heavy atom. The number of rotatable bonds is 2. The molecule has 0 amide bonds. The minimum absolute atomic E-state index is 0.00788. The largest absolute Gasteiger partial charge is 0.388 e. The quantitative estimate of drug-likeness (QED) is 0.757. The van der Waals surface area contributed by atoms with Gasteiger partial charge in [-0.05, 0) is 25.2 Å². The van der Waals surface area contributed by atoms with Crippen LogP contribution in [0.15, 0.2) is 6.33 Å². The van der Waals surface area contributed by atoms with Gasteiger partial charge in [0.25, 0.3) is 0 Å². The lowest BCUT2D eigenvalue weighted by Gasteiger charge is -2.17. The van der Waals surface area contributed by atoms with Crippen LogP contribution in [0.2, 0.25) is 0 Å². The fourth-order valence-electron chi connectivity index (χ4n) is 2.43. The average molecular weight is 209 g/mol. The fraction of sp³-hybridized carbons (Fsp3) is 0.818. The van der Waals surface area contributed by atoms with Crippen LogP contribution in [0.5, 0.6) is 0 Å². The Labute approximate surface area is 90.3 Å². The van der Waals surface area contributed by atoms with Gasteiger partial charge in [-0.1, -0.05) is 19.8 Å². The molecule has 2 atom stereocenters. The van der Waals surface area contributed by atoms with E-state index in [4.69, 9.17) is 5.11 Å². The van der Waals surface area contributed by atoms with Crippen molar-refractivity contribution in [1.82, 2.24) is 14.8 Å². The van der Waals surface area contributed by atoms with E-state index in [-0.39, 0.29) is 6.61 Å². The van der Waals surface area contributed by atoms with E-state index in [0.717, 1.165) is 5.92 Å². The molecule has 2 rings (SSSR count). The van der Waals surface area contributed by atoms with Gasteiger partial charge in [0.15, 0.2) is 5.82 Å². The summed E-state index contributed by atoms with van der Waals surface area (Å²) >= 11 is 0. The Bertz CT molecular complexity index is 311. The number of aliphatic hydroxyl groups excluding tert-OH is 1. The molecule has 1 heterocycles. The Morgan fingerprint density at radius 2 is 2.27 bits per heavy atom. The molecule has 0 aliphatic heterocycles. The van der Waals surface area contributed by atoms with Gasteiger partial charge in [0.05, 0.1) is 0 Å². The molecule has 0 spiro atoms. The summed E-state index contributed by atoms with van der Waals surface area (Å²) in [6.45, 7) is 2.31. The summed E-state index contributed by atoms with van der Waals surface area (Å²) in [4.78, 5) is 0. The van der Waals surface area contributed by atoms with Crippen molar-refractivity contribution in [1.29, 1.82) is 0 Å². The van der Waals surface area contributed by atoms with Gasteiger partial charge in [-0.3, -0.25) is 0 Å². The summed E-state index contributed by atoms with van der Waals surface area (Å²) in [5, 5.41) is 16.9. The van der Waals surface area contributed by atoms with Crippen molar-refractivity contribution in [2.75, 3.05) is 0 Å². The molecule has 4 heteroatoms. The zero-order chi connectivity index (χ0) is 10.7. The summed E-state index contributed by atoms with van der Waals surface area (Å²) in [6, 6.07) is 0.493. The Balaban J connectivity index is 2.09. The average Bonchev–Trinajstić information content (AvgIpc) is 2.61. The maximum atomic E-state index is 9.14. The van der Waals surface area contributed by atoms with E-state index in [0.29, 0.717) is 11.9 Å². The van der Waals surface area contributed by atoms with Crippen molar-refractivity contribution in [2.45, 2.75) is 51.7 Å². The van der Waals surface area contributed by atoms with E-state index in [1.54, 1.807) is 6.33 Å². The molecular formula is C11H19N3O. The van der Waals surface area contributed by atoms with E-state index in [9.17, 15) is 0 Å². The van der Waals surface area contributed by atoms with Gasteiger partial charge in [0.2, 0.25) is 0 Å². The van der Waals surface area contributed by atoms with Crippen molar-refractivity contribution in [3.05, 3.63) is 12.2 Å². The summed E-state index contributed by atoms with van der Waals surface area (Å²) in [6.07, 6.45) is 8.00. The number of nitrogens with zero attached hydrogens (tertiary/aromatic N) is 3. The molecule has 0 bridgehead atoms. The van der Waals surface area contributed by atoms with Crippen molar-refractivity contribution in [3.8, 4) is 0 Å². The highest BCUT2D eigenvalue weighted by Gasteiger charge is 2.19. The molecule has 1 fully saturated rings. The van der Waals surface area contributed by atoms with Gasteiger partial charge < -0.3 is 9.67 Å². The van der Waals surface area contributed by atoms with Gasteiger partial charge in [0, 0.05) is 6.04 Å². The van der Waals surface area contributed by atoms with Crippen LogP contribution in [0, 0.1) is 5.92 Å². The monoisotopic (exact) mass is 209 g/mol. The molecule has 1 N–H and O–H groups in total. The first kappa shape index (κ1) is 10.6. The minimum Gasteiger partial charge on any atom is -0.388 e. The van der Waals surface area contributed by atoms with Crippen molar-refractivity contribution >= 4 is 0 Å². The number of aliphatic hydroxyl groups is 1. The highest BCUT2D eigenvalue weighted by molar-refractivity contribution is 4.88. The third kappa shape index (κ3) is 2.37. The normalized spacial score (nSPS) is 27.6. The Hall–Kier alpha value is -0.900. The number of aromatic nitrogens is 3. The van der Waals surface area contributed by atoms with Crippen LogP contribution in [0.1, 0.15) is 50.9 Å². The minimum atomic E-state index is -0.00788. The fourth-order valence-corrected chi connectivity index (χ4v) is 2.43. The van der Waals surface area contributed by atoms with E-state index in [1.807, 2.05) is 0 Å². The van der Waals surface area contributed by atoms with Crippen LogP contribution in [0.4, 0.5) is 0 Å². The molecule has 1 saturated carbocycles.